The van der Waals surface area contributed by atoms with Crippen molar-refractivity contribution in [2.45, 2.75) is 24.8 Å². The summed E-state index contributed by atoms with van der Waals surface area (Å²) in [5.41, 5.74) is 3.70. The van der Waals surface area contributed by atoms with Crippen LogP contribution in [0.1, 0.15) is 29.7 Å². The normalized spacial score (nSPS) is 18.0. The molecule has 0 aromatic heterocycles. The van der Waals surface area contributed by atoms with E-state index in [1.807, 2.05) is 50.2 Å². The first kappa shape index (κ1) is 20.1. The number of hydrazine groups is 1. The van der Waals surface area contributed by atoms with Gasteiger partial charge in [-0.3, -0.25) is 5.01 Å². The van der Waals surface area contributed by atoms with Crippen LogP contribution in [-0.4, -0.2) is 49.4 Å². The van der Waals surface area contributed by atoms with Gasteiger partial charge in [0.25, 0.3) is 0 Å². The second kappa shape index (κ2) is 7.41. The topological polar surface area (TPSA) is 77.9 Å². The minimum absolute atomic E-state index is 0.239. The van der Waals surface area contributed by atoms with E-state index in [1.54, 1.807) is 29.3 Å². The molecule has 3 rings (SSSR count). The van der Waals surface area contributed by atoms with Gasteiger partial charge in [-0.15, -0.1) is 0 Å². The van der Waals surface area contributed by atoms with Crippen LogP contribution in [0, 0.1) is 6.92 Å². The minimum Gasteiger partial charge on any atom is -0.477 e. The number of carboxylic acids is 1. The Kier molecular flexibility index (Phi) is 5.32. The molecule has 0 fully saturated rings. The summed E-state index contributed by atoms with van der Waals surface area (Å²) in [6.07, 6.45) is 1.17. The molecule has 1 N–H and O–H groups in total. The highest BCUT2D eigenvalue weighted by atomic mass is 32.2. The van der Waals surface area contributed by atoms with Crippen LogP contribution in [-0.2, 0) is 14.6 Å². The van der Waals surface area contributed by atoms with Crippen molar-refractivity contribution in [1.82, 2.24) is 10.0 Å². The van der Waals surface area contributed by atoms with Crippen LogP contribution >= 0.6 is 0 Å². The lowest BCUT2D eigenvalue weighted by Gasteiger charge is -2.31. The molecular formula is C21H24N2O4S. The second-order valence-electron chi connectivity index (χ2n) is 6.97. The molecule has 0 saturated heterocycles. The summed E-state index contributed by atoms with van der Waals surface area (Å²) in [4.78, 5) is 12.4. The summed E-state index contributed by atoms with van der Waals surface area (Å²) < 4.78 is 23.6. The monoisotopic (exact) mass is 400 g/mol. The molecule has 7 heteroatoms. The summed E-state index contributed by atoms with van der Waals surface area (Å²) in [6.45, 7) is 4.39. The van der Waals surface area contributed by atoms with E-state index >= 15 is 0 Å². The first-order valence-corrected chi connectivity index (χ1v) is 10.9. The lowest BCUT2D eigenvalue weighted by Crippen LogP contribution is -2.37. The third-order valence-corrected chi connectivity index (χ3v) is 6.16. The van der Waals surface area contributed by atoms with Gasteiger partial charge in [-0.05, 0) is 37.1 Å². The lowest BCUT2D eigenvalue weighted by molar-refractivity contribution is -0.136. The van der Waals surface area contributed by atoms with Crippen molar-refractivity contribution in [1.29, 1.82) is 0 Å². The quantitative estimate of drug-likeness (QED) is 0.831. The molecule has 1 aliphatic rings. The van der Waals surface area contributed by atoms with Crippen LogP contribution in [0.15, 0.2) is 59.1 Å². The highest BCUT2D eigenvalue weighted by molar-refractivity contribution is 7.90. The fourth-order valence-corrected chi connectivity index (χ4v) is 4.30. The summed E-state index contributed by atoms with van der Waals surface area (Å²) >= 11 is 0. The number of carbonyl (C=O) groups is 1. The van der Waals surface area contributed by atoms with E-state index in [9.17, 15) is 18.3 Å². The molecule has 1 heterocycles. The van der Waals surface area contributed by atoms with Crippen molar-refractivity contribution in [3.63, 3.8) is 0 Å². The van der Waals surface area contributed by atoms with Gasteiger partial charge in [-0.1, -0.05) is 42.0 Å². The molecule has 1 unspecified atom stereocenters. The maximum Gasteiger partial charge on any atom is 0.353 e. The number of likely N-dealkylation sites (N-methyl/N-ethyl adjacent to an activating group) is 2. The van der Waals surface area contributed by atoms with E-state index in [4.69, 9.17) is 0 Å². The molecule has 1 atom stereocenters. The lowest BCUT2D eigenvalue weighted by atomic mass is 9.92. The third kappa shape index (κ3) is 3.55. The Hall–Kier alpha value is -2.64. The number of rotatable bonds is 5. The van der Waals surface area contributed by atoms with Gasteiger partial charge in [0.05, 0.1) is 10.9 Å². The Morgan fingerprint density at radius 3 is 2.11 bits per heavy atom. The smallest absolute Gasteiger partial charge is 0.353 e. The van der Waals surface area contributed by atoms with Gasteiger partial charge in [0.15, 0.2) is 9.84 Å². The van der Waals surface area contributed by atoms with Gasteiger partial charge in [0.2, 0.25) is 0 Å². The fraction of sp³-hybridized carbons (Fsp3) is 0.286. The van der Waals surface area contributed by atoms with Crippen molar-refractivity contribution in [2.24, 2.45) is 0 Å². The average molecular weight is 401 g/mol. The summed E-state index contributed by atoms with van der Waals surface area (Å²) in [7, 11) is -1.45. The second-order valence-corrected chi connectivity index (χ2v) is 8.98. The van der Waals surface area contributed by atoms with Crippen molar-refractivity contribution in [2.75, 3.05) is 19.8 Å². The standard InChI is InChI=1S/C21H24N2O4S/c1-5-23-20(21(24)25)18(15-8-6-14(2)7-9-15)19(22(23)3)16-10-12-17(13-11-16)28(4,26)27/h6-13,19H,5H2,1-4H3,(H,24,25). The fourth-order valence-electron chi connectivity index (χ4n) is 3.67. The molecule has 0 bridgehead atoms. The van der Waals surface area contributed by atoms with Crippen LogP contribution in [0.3, 0.4) is 0 Å². The largest absolute Gasteiger partial charge is 0.477 e. The molecule has 2 aromatic rings. The molecule has 1 aliphatic heterocycles. The van der Waals surface area contributed by atoms with Gasteiger partial charge in [-0.2, -0.15) is 0 Å². The van der Waals surface area contributed by atoms with E-state index in [1.165, 1.54) is 6.26 Å². The zero-order valence-corrected chi connectivity index (χ0v) is 17.2. The van der Waals surface area contributed by atoms with Crippen molar-refractivity contribution >= 4 is 21.4 Å². The number of nitrogens with zero attached hydrogens (tertiary/aromatic N) is 2. The van der Waals surface area contributed by atoms with Gasteiger partial charge in [0.1, 0.15) is 5.70 Å². The highest BCUT2D eigenvalue weighted by Gasteiger charge is 2.40. The van der Waals surface area contributed by atoms with Crippen LogP contribution in [0.2, 0.25) is 0 Å². The zero-order chi connectivity index (χ0) is 20.6. The SMILES string of the molecule is CCN1C(C(=O)O)=C(c2ccc(C)cc2)C(c2ccc(S(C)(=O)=O)cc2)N1C. The number of sulfone groups is 1. The number of aliphatic carboxylic acids is 1. The summed E-state index contributed by atoms with van der Waals surface area (Å²) in [6, 6.07) is 14.1. The van der Waals surface area contributed by atoms with Crippen LogP contribution in [0.5, 0.6) is 0 Å². The maximum atomic E-state index is 12.1. The van der Waals surface area contributed by atoms with E-state index in [2.05, 4.69) is 0 Å². The van der Waals surface area contributed by atoms with E-state index in [0.717, 1.165) is 16.7 Å². The molecule has 0 amide bonds. The van der Waals surface area contributed by atoms with Gasteiger partial charge < -0.3 is 5.11 Å². The number of hydrogen-bond acceptors (Lipinski definition) is 5. The maximum absolute atomic E-state index is 12.1. The van der Waals surface area contributed by atoms with Gasteiger partial charge in [0, 0.05) is 25.4 Å². The number of carboxylic acid groups (broad SMARTS) is 1. The van der Waals surface area contributed by atoms with E-state index in [0.29, 0.717) is 12.1 Å². The highest BCUT2D eigenvalue weighted by Crippen LogP contribution is 2.44. The van der Waals surface area contributed by atoms with Crippen LogP contribution in [0.25, 0.3) is 5.57 Å². The number of benzene rings is 2. The molecule has 6 nitrogen and oxygen atoms in total. The summed E-state index contributed by atoms with van der Waals surface area (Å²) in [5.74, 6) is -0.987. The first-order chi connectivity index (χ1) is 13.1. The first-order valence-electron chi connectivity index (χ1n) is 9.00. The van der Waals surface area contributed by atoms with Crippen LogP contribution < -0.4 is 0 Å². The van der Waals surface area contributed by atoms with Gasteiger partial charge >= 0.3 is 5.97 Å². The predicted octanol–water partition coefficient (Wildman–Crippen LogP) is 3.12. The Morgan fingerprint density at radius 2 is 1.64 bits per heavy atom. The zero-order valence-electron chi connectivity index (χ0n) is 16.4. The molecule has 28 heavy (non-hydrogen) atoms. The Bertz CT molecular complexity index is 1030. The van der Waals surface area contributed by atoms with Crippen molar-refractivity contribution in [3.05, 3.63) is 70.9 Å². The average Bonchev–Trinajstić information content (AvgIpc) is 2.94. The molecule has 2 aromatic carbocycles. The Labute approximate surface area is 165 Å². The molecule has 0 radical (unpaired) electrons. The van der Waals surface area contributed by atoms with Gasteiger partial charge in [-0.25, -0.2) is 18.2 Å². The predicted molar refractivity (Wildman–Crippen MR) is 108 cm³/mol. The molecular weight excluding hydrogens is 376 g/mol. The van der Waals surface area contributed by atoms with E-state index < -0.39 is 15.8 Å². The van der Waals surface area contributed by atoms with Crippen molar-refractivity contribution < 1.29 is 18.3 Å². The number of hydrogen-bond donors (Lipinski definition) is 1. The van der Waals surface area contributed by atoms with E-state index in [-0.39, 0.29) is 16.6 Å². The molecule has 0 saturated carbocycles. The molecule has 0 aliphatic carbocycles. The van der Waals surface area contributed by atoms with Crippen LogP contribution in [0.4, 0.5) is 0 Å². The number of aryl methyl sites for hydroxylation is 1. The molecule has 0 spiro atoms. The minimum atomic E-state index is -3.30. The Balaban J connectivity index is 2.19. The Morgan fingerprint density at radius 1 is 1.07 bits per heavy atom. The van der Waals surface area contributed by atoms with Crippen molar-refractivity contribution in [3.8, 4) is 0 Å². The molecule has 148 valence electrons. The summed E-state index contributed by atoms with van der Waals surface area (Å²) in [5, 5.41) is 13.6. The third-order valence-electron chi connectivity index (χ3n) is 5.03.